The van der Waals surface area contributed by atoms with Gasteiger partial charge in [-0.1, -0.05) is 12.8 Å². The molecule has 1 saturated heterocycles. The van der Waals surface area contributed by atoms with Crippen LogP contribution in [0.2, 0.25) is 0 Å². The zero-order valence-electron chi connectivity index (χ0n) is 8.79. The van der Waals surface area contributed by atoms with Crippen molar-refractivity contribution in [1.82, 2.24) is 10.2 Å². The second-order valence-electron chi connectivity index (χ2n) is 5.05. The Morgan fingerprint density at radius 2 is 1.87 bits per heavy atom. The lowest BCUT2D eigenvalue weighted by molar-refractivity contribution is -0.137. The molecule has 3 rings (SSSR count). The van der Waals surface area contributed by atoms with Gasteiger partial charge in [0, 0.05) is 12.6 Å². The van der Waals surface area contributed by atoms with Gasteiger partial charge in [0.05, 0.1) is 5.41 Å². The summed E-state index contributed by atoms with van der Waals surface area (Å²) >= 11 is 0. The Labute approximate surface area is 89.0 Å². The molecular weight excluding hydrogens is 192 g/mol. The molecule has 1 N–H and O–H groups in total. The van der Waals surface area contributed by atoms with Crippen molar-refractivity contribution < 1.29 is 9.59 Å². The Morgan fingerprint density at radius 1 is 1.20 bits per heavy atom. The Morgan fingerprint density at radius 3 is 2.47 bits per heavy atom. The Kier molecular flexibility index (Phi) is 1.82. The first-order valence-electron chi connectivity index (χ1n) is 5.84. The Bertz CT molecular complexity index is 317. The number of rotatable bonds is 1. The molecule has 82 valence electrons. The summed E-state index contributed by atoms with van der Waals surface area (Å²) in [5.41, 5.74) is -0.198. The van der Waals surface area contributed by atoms with Gasteiger partial charge in [-0.15, -0.1) is 0 Å². The maximum Gasteiger partial charge on any atom is 0.324 e. The first kappa shape index (κ1) is 9.19. The molecule has 3 fully saturated rings. The number of carbonyl (C=O) groups is 2. The molecule has 0 radical (unpaired) electrons. The highest BCUT2D eigenvalue weighted by Gasteiger charge is 2.56. The summed E-state index contributed by atoms with van der Waals surface area (Å²) in [7, 11) is 0. The van der Waals surface area contributed by atoms with Crippen LogP contribution >= 0.6 is 0 Å². The number of nitrogens with zero attached hydrogens (tertiary/aromatic N) is 1. The third-order valence-corrected chi connectivity index (χ3v) is 4.01. The minimum Gasteiger partial charge on any atom is -0.337 e. The second kappa shape index (κ2) is 2.97. The molecule has 0 unspecified atom stereocenters. The van der Waals surface area contributed by atoms with E-state index in [2.05, 4.69) is 5.32 Å². The van der Waals surface area contributed by atoms with Gasteiger partial charge in [-0.2, -0.15) is 0 Å². The summed E-state index contributed by atoms with van der Waals surface area (Å²) < 4.78 is 0. The van der Waals surface area contributed by atoms with Gasteiger partial charge in [0.15, 0.2) is 0 Å². The molecule has 3 amide bonds. The van der Waals surface area contributed by atoms with Gasteiger partial charge in [-0.05, 0) is 25.7 Å². The molecule has 15 heavy (non-hydrogen) atoms. The normalized spacial score (nSPS) is 29.7. The summed E-state index contributed by atoms with van der Waals surface area (Å²) in [6.07, 6.45) is 6.19. The summed E-state index contributed by atoms with van der Waals surface area (Å²) in [6, 6.07) is 0.0136. The molecule has 2 aliphatic carbocycles. The van der Waals surface area contributed by atoms with Crippen molar-refractivity contribution in [3.8, 4) is 0 Å². The van der Waals surface area contributed by atoms with E-state index in [1.807, 2.05) is 0 Å². The van der Waals surface area contributed by atoms with Gasteiger partial charge in [-0.3, -0.25) is 9.69 Å². The Hall–Kier alpha value is -1.06. The fourth-order valence-electron chi connectivity index (χ4n) is 2.79. The van der Waals surface area contributed by atoms with Gasteiger partial charge in [0.1, 0.15) is 0 Å². The highest BCUT2D eigenvalue weighted by atomic mass is 16.2. The quantitative estimate of drug-likeness (QED) is 0.705. The van der Waals surface area contributed by atoms with Crippen molar-refractivity contribution in [3.63, 3.8) is 0 Å². The minimum absolute atomic E-state index is 0.0955. The van der Waals surface area contributed by atoms with E-state index in [4.69, 9.17) is 0 Å². The number of carbonyl (C=O) groups excluding carboxylic acids is 2. The number of nitrogens with one attached hydrogen (secondary N) is 1. The van der Waals surface area contributed by atoms with Crippen LogP contribution in [0.4, 0.5) is 4.79 Å². The molecule has 4 heteroatoms. The fourth-order valence-corrected chi connectivity index (χ4v) is 2.79. The van der Waals surface area contributed by atoms with Gasteiger partial charge >= 0.3 is 6.03 Å². The maximum absolute atomic E-state index is 12.2. The zero-order chi connectivity index (χ0) is 10.5. The minimum atomic E-state index is -0.198. The third kappa shape index (κ3) is 1.27. The molecule has 4 nitrogen and oxygen atoms in total. The molecule has 1 heterocycles. The Balaban J connectivity index is 1.83. The van der Waals surface area contributed by atoms with Crippen LogP contribution in [0.1, 0.15) is 38.5 Å². The van der Waals surface area contributed by atoms with Crippen LogP contribution in [-0.4, -0.2) is 29.4 Å². The molecule has 1 spiro atoms. The van der Waals surface area contributed by atoms with Crippen molar-refractivity contribution in [2.75, 3.05) is 6.54 Å². The number of imide groups is 1. The molecule has 0 aromatic heterocycles. The smallest absolute Gasteiger partial charge is 0.324 e. The van der Waals surface area contributed by atoms with Crippen LogP contribution in [0, 0.1) is 5.41 Å². The summed E-state index contributed by atoms with van der Waals surface area (Å²) in [5, 5.41) is 2.86. The van der Waals surface area contributed by atoms with E-state index in [9.17, 15) is 9.59 Å². The highest BCUT2D eigenvalue weighted by molar-refractivity contribution is 6.01. The first-order chi connectivity index (χ1) is 7.23. The third-order valence-electron chi connectivity index (χ3n) is 4.01. The largest absolute Gasteiger partial charge is 0.337 e. The van der Waals surface area contributed by atoms with Crippen molar-refractivity contribution in [1.29, 1.82) is 0 Å². The van der Waals surface area contributed by atoms with E-state index in [1.165, 1.54) is 4.90 Å². The van der Waals surface area contributed by atoms with Crippen molar-refractivity contribution >= 4 is 11.9 Å². The average molecular weight is 208 g/mol. The SMILES string of the molecule is O=C1NCC2(CC2)C(=O)N1C1CCCC1. The molecular formula is C11H16N2O2. The number of amides is 3. The number of urea groups is 1. The predicted molar refractivity (Wildman–Crippen MR) is 54.2 cm³/mol. The second-order valence-corrected chi connectivity index (χ2v) is 5.05. The highest BCUT2D eigenvalue weighted by Crippen LogP contribution is 2.49. The zero-order valence-corrected chi connectivity index (χ0v) is 8.79. The van der Waals surface area contributed by atoms with Gasteiger partial charge < -0.3 is 5.32 Å². The summed E-state index contributed by atoms with van der Waals surface area (Å²) in [6.45, 7) is 0.563. The van der Waals surface area contributed by atoms with Crippen LogP contribution in [-0.2, 0) is 4.79 Å². The molecule has 0 aromatic rings. The van der Waals surface area contributed by atoms with Crippen LogP contribution < -0.4 is 5.32 Å². The van der Waals surface area contributed by atoms with Crippen LogP contribution in [0.15, 0.2) is 0 Å². The molecule has 3 aliphatic rings. The van der Waals surface area contributed by atoms with E-state index in [-0.39, 0.29) is 23.4 Å². The molecule has 1 aliphatic heterocycles. The summed E-state index contributed by atoms with van der Waals surface area (Å²) in [4.78, 5) is 25.4. The van der Waals surface area contributed by atoms with Crippen molar-refractivity contribution in [2.45, 2.75) is 44.6 Å². The molecule has 0 aromatic carbocycles. The van der Waals surface area contributed by atoms with Gasteiger partial charge in [-0.25, -0.2) is 4.79 Å². The van der Waals surface area contributed by atoms with Crippen molar-refractivity contribution in [3.05, 3.63) is 0 Å². The fraction of sp³-hybridized carbons (Fsp3) is 0.818. The van der Waals surface area contributed by atoms with E-state index in [0.29, 0.717) is 6.54 Å². The standard InChI is InChI=1S/C11H16N2O2/c14-9-11(5-6-11)7-12-10(15)13(9)8-3-1-2-4-8/h8H,1-7H2,(H,12,15). The number of hydrogen-bond acceptors (Lipinski definition) is 2. The maximum atomic E-state index is 12.2. The van der Waals surface area contributed by atoms with Gasteiger partial charge in [0.25, 0.3) is 0 Å². The van der Waals surface area contributed by atoms with Gasteiger partial charge in [0.2, 0.25) is 5.91 Å². The molecule has 0 atom stereocenters. The molecule has 2 saturated carbocycles. The van der Waals surface area contributed by atoms with E-state index in [0.717, 1.165) is 38.5 Å². The summed E-state index contributed by atoms with van der Waals surface area (Å²) in [5.74, 6) is 0.0955. The topological polar surface area (TPSA) is 49.4 Å². The number of hydrogen-bond donors (Lipinski definition) is 1. The van der Waals surface area contributed by atoms with Crippen LogP contribution in [0.25, 0.3) is 0 Å². The monoisotopic (exact) mass is 208 g/mol. The van der Waals surface area contributed by atoms with E-state index >= 15 is 0 Å². The first-order valence-corrected chi connectivity index (χ1v) is 5.84. The lowest BCUT2D eigenvalue weighted by atomic mass is 10.0. The van der Waals surface area contributed by atoms with E-state index in [1.54, 1.807) is 0 Å². The lowest BCUT2D eigenvalue weighted by Gasteiger charge is -2.35. The lowest BCUT2D eigenvalue weighted by Crippen LogP contribution is -2.58. The predicted octanol–water partition coefficient (Wildman–Crippen LogP) is 1.26. The average Bonchev–Trinajstić information content (AvgIpc) is 2.82. The van der Waals surface area contributed by atoms with Crippen LogP contribution in [0.3, 0.4) is 0 Å². The van der Waals surface area contributed by atoms with Crippen molar-refractivity contribution in [2.24, 2.45) is 5.41 Å². The van der Waals surface area contributed by atoms with E-state index < -0.39 is 0 Å². The van der Waals surface area contributed by atoms with Crippen LogP contribution in [0.5, 0.6) is 0 Å². The molecule has 0 bridgehead atoms.